The number of hydrogen-bond acceptors (Lipinski definition) is 2. The lowest BCUT2D eigenvalue weighted by Crippen LogP contribution is -2.16. The molecule has 0 saturated heterocycles. The first kappa shape index (κ1) is 12.9. The third kappa shape index (κ3) is 3.01. The number of rotatable bonds is 6. The molecule has 0 bridgehead atoms. The van der Waals surface area contributed by atoms with Crippen molar-refractivity contribution in [3.05, 3.63) is 41.5 Å². The van der Waals surface area contributed by atoms with Crippen LogP contribution in [-0.4, -0.2) is 14.3 Å². The molecule has 18 heavy (non-hydrogen) atoms. The first-order chi connectivity index (χ1) is 8.70. The standard InChI is InChI=1S/C14H22N4/c1-4-7-18-8-5-6-14(18)10-15-9-13-11-17(3)16-12(13)2/h5-6,8,11,15H,4,7,9-10H2,1-3H3. The van der Waals surface area contributed by atoms with Crippen LogP contribution >= 0.6 is 0 Å². The highest BCUT2D eigenvalue weighted by Gasteiger charge is 2.03. The average molecular weight is 246 g/mol. The van der Waals surface area contributed by atoms with Gasteiger partial charge in [0.2, 0.25) is 0 Å². The maximum atomic E-state index is 4.35. The second-order valence-corrected chi connectivity index (χ2v) is 4.71. The van der Waals surface area contributed by atoms with Crippen LogP contribution in [0.1, 0.15) is 30.3 Å². The predicted octanol–water partition coefficient (Wildman–Crippen LogP) is 2.23. The molecule has 0 atom stereocenters. The van der Waals surface area contributed by atoms with Gasteiger partial charge in [0, 0.05) is 50.3 Å². The first-order valence-electron chi connectivity index (χ1n) is 6.54. The highest BCUT2D eigenvalue weighted by Crippen LogP contribution is 2.06. The van der Waals surface area contributed by atoms with E-state index in [0.717, 1.165) is 25.3 Å². The van der Waals surface area contributed by atoms with E-state index in [1.165, 1.54) is 17.7 Å². The Bertz CT molecular complexity index is 496. The zero-order valence-corrected chi connectivity index (χ0v) is 11.5. The Morgan fingerprint density at radius 2 is 2.17 bits per heavy atom. The Kier molecular flexibility index (Phi) is 4.20. The smallest absolute Gasteiger partial charge is 0.0638 e. The Morgan fingerprint density at radius 3 is 2.83 bits per heavy atom. The lowest BCUT2D eigenvalue weighted by molar-refractivity contribution is 0.601. The van der Waals surface area contributed by atoms with E-state index >= 15 is 0 Å². The molecule has 0 aliphatic rings. The number of nitrogens with one attached hydrogen (secondary N) is 1. The third-order valence-corrected chi connectivity index (χ3v) is 3.12. The van der Waals surface area contributed by atoms with Gasteiger partial charge in [0.25, 0.3) is 0 Å². The molecule has 2 aromatic rings. The summed E-state index contributed by atoms with van der Waals surface area (Å²) in [5.41, 5.74) is 3.72. The van der Waals surface area contributed by atoms with Crippen LogP contribution in [0.15, 0.2) is 24.5 Å². The summed E-state index contributed by atoms with van der Waals surface area (Å²) in [5.74, 6) is 0. The summed E-state index contributed by atoms with van der Waals surface area (Å²) in [6.45, 7) is 7.13. The highest BCUT2D eigenvalue weighted by molar-refractivity contribution is 5.15. The molecule has 4 heteroatoms. The topological polar surface area (TPSA) is 34.8 Å². The van der Waals surface area contributed by atoms with Gasteiger partial charge in [0.15, 0.2) is 0 Å². The average Bonchev–Trinajstić information content (AvgIpc) is 2.88. The SMILES string of the molecule is CCCn1cccc1CNCc1cn(C)nc1C. The van der Waals surface area contributed by atoms with E-state index in [0.29, 0.717) is 0 Å². The number of nitrogens with zero attached hydrogens (tertiary/aromatic N) is 3. The van der Waals surface area contributed by atoms with Crippen LogP contribution in [0.2, 0.25) is 0 Å². The first-order valence-corrected chi connectivity index (χ1v) is 6.54. The molecule has 0 aliphatic carbocycles. The van der Waals surface area contributed by atoms with Crippen molar-refractivity contribution in [2.75, 3.05) is 0 Å². The number of hydrogen-bond donors (Lipinski definition) is 1. The van der Waals surface area contributed by atoms with E-state index in [-0.39, 0.29) is 0 Å². The van der Waals surface area contributed by atoms with Crippen LogP contribution in [-0.2, 0) is 26.7 Å². The van der Waals surface area contributed by atoms with E-state index in [2.05, 4.69) is 53.4 Å². The molecule has 0 spiro atoms. The summed E-state index contributed by atoms with van der Waals surface area (Å²) in [5, 5.41) is 7.83. The molecular formula is C14H22N4. The molecule has 0 amide bonds. The van der Waals surface area contributed by atoms with Gasteiger partial charge in [-0.25, -0.2) is 0 Å². The normalized spacial score (nSPS) is 11.1. The minimum Gasteiger partial charge on any atom is -0.350 e. The van der Waals surface area contributed by atoms with E-state index in [1.54, 1.807) is 0 Å². The monoisotopic (exact) mass is 246 g/mol. The van der Waals surface area contributed by atoms with Gasteiger partial charge < -0.3 is 9.88 Å². The van der Waals surface area contributed by atoms with Gasteiger partial charge in [-0.2, -0.15) is 5.10 Å². The van der Waals surface area contributed by atoms with Crippen LogP contribution in [0.5, 0.6) is 0 Å². The molecule has 2 heterocycles. The fraction of sp³-hybridized carbons (Fsp3) is 0.500. The molecule has 2 rings (SSSR count). The van der Waals surface area contributed by atoms with Gasteiger partial charge in [0.05, 0.1) is 5.69 Å². The Morgan fingerprint density at radius 1 is 1.33 bits per heavy atom. The molecule has 0 fully saturated rings. The van der Waals surface area contributed by atoms with Gasteiger partial charge >= 0.3 is 0 Å². The summed E-state index contributed by atoms with van der Waals surface area (Å²) >= 11 is 0. The molecule has 0 aliphatic heterocycles. The minimum absolute atomic E-state index is 0.872. The van der Waals surface area contributed by atoms with Gasteiger partial charge in [0.1, 0.15) is 0 Å². The van der Waals surface area contributed by atoms with Crippen LogP contribution in [0, 0.1) is 6.92 Å². The molecule has 0 radical (unpaired) electrons. The summed E-state index contributed by atoms with van der Waals surface area (Å²) in [6, 6.07) is 4.29. The van der Waals surface area contributed by atoms with Crippen LogP contribution in [0.3, 0.4) is 0 Å². The summed E-state index contributed by atoms with van der Waals surface area (Å²) < 4.78 is 4.18. The fourth-order valence-corrected chi connectivity index (χ4v) is 2.22. The number of aromatic nitrogens is 3. The molecule has 0 unspecified atom stereocenters. The minimum atomic E-state index is 0.872. The molecule has 0 saturated carbocycles. The highest BCUT2D eigenvalue weighted by atomic mass is 15.2. The quantitative estimate of drug-likeness (QED) is 0.848. The van der Waals surface area contributed by atoms with Crippen LogP contribution in [0.4, 0.5) is 0 Å². The molecule has 1 N–H and O–H groups in total. The Labute approximate surface area is 109 Å². The molecule has 2 aromatic heterocycles. The third-order valence-electron chi connectivity index (χ3n) is 3.12. The Hall–Kier alpha value is -1.55. The molecule has 4 nitrogen and oxygen atoms in total. The van der Waals surface area contributed by atoms with E-state index < -0.39 is 0 Å². The second kappa shape index (κ2) is 5.87. The lowest BCUT2D eigenvalue weighted by Gasteiger charge is -2.08. The zero-order valence-electron chi connectivity index (χ0n) is 11.5. The molecular weight excluding hydrogens is 224 g/mol. The zero-order chi connectivity index (χ0) is 13.0. The van der Waals surface area contributed by atoms with Gasteiger partial charge in [-0.15, -0.1) is 0 Å². The van der Waals surface area contributed by atoms with Crippen molar-refractivity contribution < 1.29 is 0 Å². The largest absolute Gasteiger partial charge is 0.350 e. The van der Waals surface area contributed by atoms with Crippen molar-refractivity contribution in [2.24, 2.45) is 7.05 Å². The summed E-state index contributed by atoms with van der Waals surface area (Å²) in [4.78, 5) is 0. The maximum absolute atomic E-state index is 4.35. The second-order valence-electron chi connectivity index (χ2n) is 4.71. The maximum Gasteiger partial charge on any atom is 0.0638 e. The van der Waals surface area contributed by atoms with E-state index in [1.807, 2.05) is 11.7 Å². The van der Waals surface area contributed by atoms with Crippen molar-refractivity contribution in [1.29, 1.82) is 0 Å². The van der Waals surface area contributed by atoms with Gasteiger partial charge in [-0.3, -0.25) is 4.68 Å². The van der Waals surface area contributed by atoms with Crippen molar-refractivity contribution in [1.82, 2.24) is 19.7 Å². The van der Waals surface area contributed by atoms with Crippen molar-refractivity contribution in [3.63, 3.8) is 0 Å². The van der Waals surface area contributed by atoms with Crippen LogP contribution < -0.4 is 5.32 Å². The fourth-order valence-electron chi connectivity index (χ4n) is 2.22. The van der Waals surface area contributed by atoms with E-state index in [4.69, 9.17) is 0 Å². The van der Waals surface area contributed by atoms with Crippen molar-refractivity contribution in [3.8, 4) is 0 Å². The molecule has 98 valence electrons. The summed E-state index contributed by atoms with van der Waals surface area (Å²) in [7, 11) is 1.96. The van der Waals surface area contributed by atoms with Gasteiger partial charge in [-0.05, 0) is 25.5 Å². The molecule has 0 aromatic carbocycles. The Balaban J connectivity index is 1.88. The van der Waals surface area contributed by atoms with Crippen molar-refractivity contribution >= 4 is 0 Å². The van der Waals surface area contributed by atoms with E-state index in [9.17, 15) is 0 Å². The lowest BCUT2D eigenvalue weighted by atomic mass is 10.2. The summed E-state index contributed by atoms with van der Waals surface area (Å²) in [6.07, 6.45) is 5.40. The van der Waals surface area contributed by atoms with Crippen molar-refractivity contribution in [2.45, 2.75) is 39.9 Å². The van der Waals surface area contributed by atoms with Crippen LogP contribution in [0.25, 0.3) is 0 Å². The number of aryl methyl sites for hydroxylation is 3. The predicted molar refractivity (Wildman–Crippen MR) is 73.2 cm³/mol. The van der Waals surface area contributed by atoms with Gasteiger partial charge in [-0.1, -0.05) is 6.92 Å².